The first-order chi connectivity index (χ1) is 6.79. The van der Waals surface area contributed by atoms with Crippen molar-refractivity contribution in [3.05, 3.63) is 18.0 Å². The van der Waals surface area contributed by atoms with Crippen molar-refractivity contribution in [2.24, 2.45) is 0 Å². The van der Waals surface area contributed by atoms with Gasteiger partial charge in [0.05, 0.1) is 12.4 Å². The molecule has 0 fully saturated rings. The highest BCUT2D eigenvalue weighted by molar-refractivity contribution is 5.17. The van der Waals surface area contributed by atoms with Crippen LogP contribution >= 0.6 is 0 Å². The van der Waals surface area contributed by atoms with E-state index in [-0.39, 0.29) is 5.41 Å². The van der Waals surface area contributed by atoms with Crippen molar-refractivity contribution in [3.8, 4) is 0 Å². The van der Waals surface area contributed by atoms with Gasteiger partial charge in [-0.05, 0) is 35.5 Å². The molecule has 0 spiro atoms. The van der Waals surface area contributed by atoms with E-state index in [9.17, 15) is 0 Å². The maximum Gasteiger partial charge on any atom is 0.0567 e. The van der Waals surface area contributed by atoms with Gasteiger partial charge in [0.1, 0.15) is 0 Å². The Morgan fingerprint density at radius 3 is 2.07 bits per heavy atom. The molecule has 0 atom stereocenters. The molecule has 1 aromatic heterocycles. The van der Waals surface area contributed by atoms with Gasteiger partial charge in [-0.25, -0.2) is 0 Å². The van der Waals surface area contributed by atoms with Crippen molar-refractivity contribution in [3.63, 3.8) is 0 Å². The molecule has 3 heteroatoms. The Morgan fingerprint density at radius 2 is 1.64 bits per heavy atom. The Bertz CT molecular complexity index is 254. The zero-order valence-corrected chi connectivity index (χ0v) is 9.32. The minimum atomic E-state index is 0.262. The third-order valence-electron chi connectivity index (χ3n) is 3.19. The van der Waals surface area contributed by atoms with Crippen molar-refractivity contribution in [2.75, 3.05) is 0 Å². The lowest BCUT2D eigenvalue weighted by Crippen LogP contribution is -2.24. The fourth-order valence-corrected chi connectivity index (χ4v) is 2.15. The second-order valence-corrected chi connectivity index (χ2v) is 3.77. The topological polar surface area (TPSA) is 38.7 Å². The van der Waals surface area contributed by atoms with Gasteiger partial charge in [0.2, 0.25) is 0 Å². The van der Waals surface area contributed by atoms with Crippen LogP contribution in [-0.4, -0.2) is 15.4 Å². The van der Waals surface area contributed by atoms with E-state index >= 15 is 0 Å². The summed E-state index contributed by atoms with van der Waals surface area (Å²) < 4.78 is 0. The van der Waals surface area contributed by atoms with Gasteiger partial charge in [-0.3, -0.25) is 0 Å². The third-order valence-corrected chi connectivity index (χ3v) is 3.19. The minimum Gasteiger partial charge on any atom is -0.138 e. The summed E-state index contributed by atoms with van der Waals surface area (Å²) >= 11 is 0. The van der Waals surface area contributed by atoms with Crippen molar-refractivity contribution < 1.29 is 0 Å². The van der Waals surface area contributed by atoms with E-state index in [1.165, 1.54) is 18.4 Å². The summed E-state index contributed by atoms with van der Waals surface area (Å²) in [6.07, 6.45) is 8.40. The molecular formula is C11H19N3. The summed E-state index contributed by atoms with van der Waals surface area (Å²) in [6, 6.07) is 0. The smallest absolute Gasteiger partial charge is 0.0567 e. The summed E-state index contributed by atoms with van der Waals surface area (Å²) in [5, 5.41) is 11.3. The second kappa shape index (κ2) is 5.03. The van der Waals surface area contributed by atoms with E-state index < -0.39 is 0 Å². The number of nitrogens with zero attached hydrogens (tertiary/aromatic N) is 3. The molecule has 0 aliphatic rings. The molecule has 78 valence electrons. The summed E-state index contributed by atoms with van der Waals surface area (Å²) in [4.78, 5) is 0. The second-order valence-electron chi connectivity index (χ2n) is 3.77. The minimum absolute atomic E-state index is 0.262. The average Bonchev–Trinajstić information content (AvgIpc) is 2.27. The lowest BCUT2D eigenvalue weighted by Gasteiger charge is -2.31. The zero-order valence-electron chi connectivity index (χ0n) is 9.32. The molecule has 0 unspecified atom stereocenters. The Balaban J connectivity index is 2.98. The van der Waals surface area contributed by atoms with Gasteiger partial charge in [0, 0.05) is 0 Å². The van der Waals surface area contributed by atoms with E-state index in [4.69, 9.17) is 0 Å². The number of aromatic nitrogens is 3. The van der Waals surface area contributed by atoms with Gasteiger partial charge in [-0.15, -0.1) is 10.2 Å². The SMILES string of the molecule is CCCC(CC)(CC)c1cnnnc1. The van der Waals surface area contributed by atoms with Gasteiger partial charge in [-0.1, -0.05) is 27.2 Å². The summed E-state index contributed by atoms with van der Waals surface area (Å²) in [7, 11) is 0. The third kappa shape index (κ3) is 2.08. The number of hydrogen-bond acceptors (Lipinski definition) is 3. The van der Waals surface area contributed by atoms with Crippen molar-refractivity contribution in [1.29, 1.82) is 0 Å². The molecule has 0 bridgehead atoms. The molecule has 1 aromatic rings. The van der Waals surface area contributed by atoms with E-state index in [2.05, 4.69) is 36.2 Å². The van der Waals surface area contributed by atoms with Crippen LogP contribution in [0.15, 0.2) is 12.4 Å². The van der Waals surface area contributed by atoms with Gasteiger partial charge < -0.3 is 0 Å². The van der Waals surface area contributed by atoms with Crippen molar-refractivity contribution in [1.82, 2.24) is 15.4 Å². The highest BCUT2D eigenvalue weighted by atomic mass is 15.3. The van der Waals surface area contributed by atoms with Crippen LogP contribution < -0.4 is 0 Å². The van der Waals surface area contributed by atoms with E-state index in [1.807, 2.05) is 12.4 Å². The van der Waals surface area contributed by atoms with Crippen LogP contribution in [0, 0.1) is 0 Å². The number of rotatable bonds is 5. The molecule has 14 heavy (non-hydrogen) atoms. The Labute approximate surface area is 85.9 Å². The van der Waals surface area contributed by atoms with Crippen LogP contribution in [0.25, 0.3) is 0 Å². The fraction of sp³-hybridized carbons (Fsp3) is 0.727. The Morgan fingerprint density at radius 1 is 1.07 bits per heavy atom. The molecule has 0 radical (unpaired) electrons. The monoisotopic (exact) mass is 193 g/mol. The molecule has 0 amide bonds. The largest absolute Gasteiger partial charge is 0.138 e. The average molecular weight is 193 g/mol. The van der Waals surface area contributed by atoms with Crippen LogP contribution in [-0.2, 0) is 5.41 Å². The molecule has 1 heterocycles. The molecule has 0 aromatic carbocycles. The maximum atomic E-state index is 3.87. The Hall–Kier alpha value is -0.990. The molecular weight excluding hydrogens is 174 g/mol. The predicted octanol–water partition coefficient (Wildman–Crippen LogP) is 2.73. The summed E-state index contributed by atoms with van der Waals surface area (Å²) in [6.45, 7) is 6.70. The normalized spacial score (nSPS) is 11.6. The van der Waals surface area contributed by atoms with Crippen LogP contribution in [0.2, 0.25) is 0 Å². The molecule has 0 saturated carbocycles. The van der Waals surface area contributed by atoms with E-state index in [1.54, 1.807) is 0 Å². The van der Waals surface area contributed by atoms with Gasteiger partial charge >= 0.3 is 0 Å². The summed E-state index contributed by atoms with van der Waals surface area (Å²) in [5.41, 5.74) is 1.50. The maximum absolute atomic E-state index is 3.87. The van der Waals surface area contributed by atoms with Gasteiger partial charge in [0.25, 0.3) is 0 Å². The zero-order chi connectivity index (χ0) is 10.4. The highest BCUT2D eigenvalue weighted by Crippen LogP contribution is 2.35. The van der Waals surface area contributed by atoms with Crippen molar-refractivity contribution >= 4 is 0 Å². The van der Waals surface area contributed by atoms with Crippen molar-refractivity contribution in [2.45, 2.75) is 51.9 Å². The molecule has 1 rings (SSSR count). The Kier molecular flexibility index (Phi) is 3.98. The van der Waals surface area contributed by atoms with Crippen LogP contribution in [0.1, 0.15) is 52.0 Å². The molecule has 0 aliphatic heterocycles. The lowest BCUT2D eigenvalue weighted by atomic mass is 9.74. The molecule has 0 N–H and O–H groups in total. The van der Waals surface area contributed by atoms with Crippen LogP contribution in [0.4, 0.5) is 0 Å². The first kappa shape index (κ1) is 11.1. The first-order valence-corrected chi connectivity index (χ1v) is 5.43. The van der Waals surface area contributed by atoms with Gasteiger partial charge in [0.15, 0.2) is 0 Å². The summed E-state index contributed by atoms with van der Waals surface area (Å²) in [5.74, 6) is 0. The molecule has 0 saturated heterocycles. The van der Waals surface area contributed by atoms with Crippen LogP contribution in [0.5, 0.6) is 0 Å². The quantitative estimate of drug-likeness (QED) is 0.721. The fourth-order valence-electron chi connectivity index (χ4n) is 2.15. The lowest BCUT2D eigenvalue weighted by molar-refractivity contribution is 0.358. The first-order valence-electron chi connectivity index (χ1n) is 5.43. The molecule has 0 aliphatic carbocycles. The highest BCUT2D eigenvalue weighted by Gasteiger charge is 2.27. The van der Waals surface area contributed by atoms with E-state index in [0.29, 0.717) is 0 Å². The predicted molar refractivity (Wildman–Crippen MR) is 57.0 cm³/mol. The van der Waals surface area contributed by atoms with Crippen LogP contribution in [0.3, 0.4) is 0 Å². The number of hydrogen-bond donors (Lipinski definition) is 0. The van der Waals surface area contributed by atoms with E-state index in [0.717, 1.165) is 12.8 Å². The molecule has 3 nitrogen and oxygen atoms in total. The standard InChI is InChI=1S/C11H19N3/c1-4-7-11(5-2,6-3)10-8-12-14-13-9-10/h8-9H,4-7H2,1-3H3. The van der Waals surface area contributed by atoms with Gasteiger partial charge in [-0.2, -0.15) is 0 Å².